The summed E-state index contributed by atoms with van der Waals surface area (Å²) in [5, 5.41) is 13.6. The van der Waals surface area contributed by atoms with Crippen LogP contribution < -0.4 is 4.74 Å². The minimum Gasteiger partial charge on any atom is -0.478 e. The molecular formula is C20H29ClN4O3. The number of hydrogen-bond donors (Lipinski definition) is 1. The lowest BCUT2D eigenvalue weighted by atomic mass is 10.2. The van der Waals surface area contributed by atoms with Gasteiger partial charge in [0, 0.05) is 38.8 Å². The SMILES string of the molecule is CCCCOc1cc(C(=O)N2CCN(CCO)CC2)nn1-c1ccccc1.Cl. The van der Waals surface area contributed by atoms with Gasteiger partial charge in [0.15, 0.2) is 5.69 Å². The third kappa shape index (κ3) is 5.47. The van der Waals surface area contributed by atoms with Crippen molar-refractivity contribution in [3.05, 3.63) is 42.1 Å². The second-order valence-corrected chi connectivity index (χ2v) is 6.67. The average molecular weight is 409 g/mol. The molecule has 1 aromatic carbocycles. The predicted octanol–water partition coefficient (Wildman–Crippen LogP) is 2.22. The van der Waals surface area contributed by atoms with E-state index in [9.17, 15) is 4.79 Å². The molecule has 1 N–H and O–H groups in total. The Morgan fingerprint density at radius 1 is 1.18 bits per heavy atom. The summed E-state index contributed by atoms with van der Waals surface area (Å²) in [5.74, 6) is 0.519. The van der Waals surface area contributed by atoms with E-state index >= 15 is 0 Å². The summed E-state index contributed by atoms with van der Waals surface area (Å²) in [6.45, 7) is 6.34. The average Bonchev–Trinajstić information content (AvgIpc) is 3.13. The first-order valence-corrected chi connectivity index (χ1v) is 9.63. The van der Waals surface area contributed by atoms with Gasteiger partial charge in [0.05, 0.1) is 18.9 Å². The van der Waals surface area contributed by atoms with Crippen molar-refractivity contribution in [2.45, 2.75) is 19.8 Å². The quantitative estimate of drug-likeness (QED) is 0.678. The van der Waals surface area contributed by atoms with Crippen molar-refractivity contribution in [3.8, 4) is 11.6 Å². The van der Waals surface area contributed by atoms with Crippen molar-refractivity contribution < 1.29 is 14.6 Å². The highest BCUT2D eigenvalue weighted by atomic mass is 35.5. The van der Waals surface area contributed by atoms with Crippen LogP contribution >= 0.6 is 12.4 Å². The van der Waals surface area contributed by atoms with Crippen LogP contribution in [0.25, 0.3) is 5.69 Å². The normalized spacial score (nSPS) is 14.6. The molecule has 0 saturated carbocycles. The van der Waals surface area contributed by atoms with Gasteiger partial charge in [-0.25, -0.2) is 4.68 Å². The van der Waals surface area contributed by atoms with Crippen molar-refractivity contribution in [1.29, 1.82) is 0 Å². The monoisotopic (exact) mass is 408 g/mol. The van der Waals surface area contributed by atoms with Crippen molar-refractivity contribution in [2.24, 2.45) is 0 Å². The van der Waals surface area contributed by atoms with Crippen LogP contribution in [0, 0.1) is 0 Å². The van der Waals surface area contributed by atoms with Crippen molar-refractivity contribution in [3.63, 3.8) is 0 Å². The van der Waals surface area contributed by atoms with Gasteiger partial charge in [0.1, 0.15) is 0 Å². The maximum absolute atomic E-state index is 12.9. The van der Waals surface area contributed by atoms with E-state index in [0.29, 0.717) is 37.8 Å². The van der Waals surface area contributed by atoms with Gasteiger partial charge >= 0.3 is 0 Å². The van der Waals surface area contributed by atoms with Crippen LogP contribution in [0.2, 0.25) is 0 Å². The molecule has 7 nitrogen and oxygen atoms in total. The largest absolute Gasteiger partial charge is 0.478 e. The van der Waals surface area contributed by atoms with E-state index in [1.54, 1.807) is 10.7 Å². The Bertz CT molecular complexity index is 730. The van der Waals surface area contributed by atoms with Crippen LogP contribution in [0.1, 0.15) is 30.3 Å². The summed E-state index contributed by atoms with van der Waals surface area (Å²) in [4.78, 5) is 16.9. The fourth-order valence-electron chi connectivity index (χ4n) is 3.12. The molecule has 0 spiro atoms. The van der Waals surface area contributed by atoms with Gasteiger partial charge in [-0.3, -0.25) is 9.69 Å². The molecule has 0 unspecified atom stereocenters. The molecule has 2 heterocycles. The van der Waals surface area contributed by atoms with Gasteiger partial charge in [-0.15, -0.1) is 12.4 Å². The summed E-state index contributed by atoms with van der Waals surface area (Å²) in [6, 6.07) is 11.5. The Kier molecular flexibility index (Phi) is 8.76. The van der Waals surface area contributed by atoms with E-state index in [1.807, 2.05) is 35.2 Å². The van der Waals surface area contributed by atoms with Crippen molar-refractivity contribution in [2.75, 3.05) is 45.9 Å². The van der Waals surface area contributed by atoms with E-state index in [2.05, 4.69) is 16.9 Å². The summed E-state index contributed by atoms with van der Waals surface area (Å²) in [5.41, 5.74) is 1.27. The molecule has 1 aliphatic heterocycles. The number of nitrogens with zero attached hydrogens (tertiary/aromatic N) is 4. The molecule has 0 radical (unpaired) electrons. The third-order valence-corrected chi connectivity index (χ3v) is 4.72. The summed E-state index contributed by atoms with van der Waals surface area (Å²) < 4.78 is 7.59. The number of amides is 1. The van der Waals surface area contributed by atoms with Gasteiger partial charge < -0.3 is 14.7 Å². The molecule has 1 saturated heterocycles. The fraction of sp³-hybridized carbons (Fsp3) is 0.500. The van der Waals surface area contributed by atoms with Crippen LogP contribution in [0.4, 0.5) is 0 Å². The van der Waals surface area contributed by atoms with Crippen LogP contribution in [-0.4, -0.2) is 76.5 Å². The van der Waals surface area contributed by atoms with E-state index in [-0.39, 0.29) is 24.9 Å². The number of benzene rings is 1. The maximum atomic E-state index is 12.9. The molecule has 0 aliphatic carbocycles. The van der Waals surface area contributed by atoms with Crippen molar-refractivity contribution in [1.82, 2.24) is 19.6 Å². The number of carbonyl (C=O) groups is 1. The zero-order valence-electron chi connectivity index (χ0n) is 16.3. The maximum Gasteiger partial charge on any atom is 0.274 e. The number of hydrogen-bond acceptors (Lipinski definition) is 5. The van der Waals surface area contributed by atoms with Gasteiger partial charge in [0.2, 0.25) is 5.88 Å². The highest BCUT2D eigenvalue weighted by Crippen LogP contribution is 2.21. The first kappa shape index (κ1) is 22.2. The number of para-hydroxylation sites is 1. The molecule has 1 amide bonds. The molecule has 0 atom stereocenters. The Labute approximate surface area is 172 Å². The van der Waals surface area contributed by atoms with Crippen LogP contribution in [0.3, 0.4) is 0 Å². The Morgan fingerprint density at radius 3 is 2.54 bits per heavy atom. The summed E-state index contributed by atoms with van der Waals surface area (Å²) >= 11 is 0. The van der Waals surface area contributed by atoms with E-state index in [4.69, 9.17) is 9.84 Å². The van der Waals surface area contributed by atoms with Gasteiger partial charge in [-0.2, -0.15) is 5.10 Å². The highest BCUT2D eigenvalue weighted by molar-refractivity contribution is 5.92. The second-order valence-electron chi connectivity index (χ2n) is 6.67. The molecule has 1 aromatic heterocycles. The van der Waals surface area contributed by atoms with Crippen LogP contribution in [-0.2, 0) is 0 Å². The number of β-amino-alcohol motifs (C(OH)–C–C–N with tert-alkyl or cyclic N) is 1. The Balaban J connectivity index is 0.00000280. The molecule has 154 valence electrons. The zero-order chi connectivity index (χ0) is 19.1. The number of halogens is 1. The highest BCUT2D eigenvalue weighted by Gasteiger charge is 2.25. The molecule has 1 aliphatic rings. The zero-order valence-corrected chi connectivity index (χ0v) is 17.1. The van der Waals surface area contributed by atoms with E-state index in [0.717, 1.165) is 31.6 Å². The van der Waals surface area contributed by atoms with Gasteiger partial charge in [-0.1, -0.05) is 31.5 Å². The van der Waals surface area contributed by atoms with Gasteiger partial charge in [0.25, 0.3) is 5.91 Å². The number of carbonyl (C=O) groups excluding carboxylic acids is 1. The number of aliphatic hydroxyl groups is 1. The first-order valence-electron chi connectivity index (χ1n) is 9.63. The Morgan fingerprint density at radius 2 is 1.89 bits per heavy atom. The minimum absolute atomic E-state index is 0. The summed E-state index contributed by atoms with van der Waals surface area (Å²) in [6.07, 6.45) is 2.00. The fourth-order valence-corrected chi connectivity index (χ4v) is 3.12. The van der Waals surface area contributed by atoms with Crippen LogP contribution in [0.15, 0.2) is 36.4 Å². The predicted molar refractivity (Wildman–Crippen MR) is 111 cm³/mol. The third-order valence-electron chi connectivity index (χ3n) is 4.72. The van der Waals surface area contributed by atoms with Crippen LogP contribution in [0.5, 0.6) is 5.88 Å². The number of piperazine rings is 1. The molecular weight excluding hydrogens is 380 g/mol. The second kappa shape index (κ2) is 11.0. The number of rotatable bonds is 8. The molecule has 8 heteroatoms. The molecule has 1 fully saturated rings. The molecule has 0 bridgehead atoms. The number of aliphatic hydroxyl groups excluding tert-OH is 1. The number of ether oxygens (including phenoxy) is 1. The first-order chi connectivity index (χ1) is 13.2. The minimum atomic E-state index is -0.0753. The standard InChI is InChI=1S/C20H28N4O3.ClH/c1-2-3-15-27-19-16-18(21-24(19)17-7-5-4-6-8-17)20(26)23-11-9-22(10-12-23)13-14-25;/h4-8,16,25H,2-3,9-15H2,1H3;1H. The number of unbranched alkanes of at least 4 members (excludes halogenated alkanes) is 1. The lowest BCUT2D eigenvalue weighted by molar-refractivity contribution is 0.0609. The van der Waals surface area contributed by atoms with Gasteiger partial charge in [-0.05, 0) is 18.6 Å². The molecule has 28 heavy (non-hydrogen) atoms. The topological polar surface area (TPSA) is 70.8 Å². The van der Waals surface area contributed by atoms with E-state index in [1.165, 1.54) is 0 Å². The molecule has 3 rings (SSSR count). The lowest BCUT2D eigenvalue weighted by Gasteiger charge is -2.33. The van der Waals surface area contributed by atoms with E-state index < -0.39 is 0 Å². The number of aromatic nitrogens is 2. The van der Waals surface area contributed by atoms with Crippen molar-refractivity contribution >= 4 is 18.3 Å². The molecule has 2 aromatic rings. The Hall–Kier alpha value is -2.09. The lowest BCUT2D eigenvalue weighted by Crippen LogP contribution is -2.49. The smallest absolute Gasteiger partial charge is 0.274 e. The summed E-state index contributed by atoms with van der Waals surface area (Å²) in [7, 11) is 0.